The van der Waals surface area contributed by atoms with Crippen LogP contribution in [0.1, 0.15) is 21.5 Å². The molecular weight excluding hydrogens is 255 g/mol. The topological polar surface area (TPSA) is 30.2 Å². The van der Waals surface area contributed by atoms with E-state index in [4.69, 9.17) is 4.42 Å². The SMILES string of the molecule is Cc1cc(F)ccc1CC(=O)c1coc2ccccc12. The van der Waals surface area contributed by atoms with Crippen LogP contribution in [0.4, 0.5) is 4.39 Å². The van der Waals surface area contributed by atoms with E-state index in [2.05, 4.69) is 0 Å². The van der Waals surface area contributed by atoms with Gasteiger partial charge in [0.1, 0.15) is 17.7 Å². The van der Waals surface area contributed by atoms with Crippen molar-refractivity contribution in [2.75, 3.05) is 0 Å². The molecule has 0 aliphatic heterocycles. The molecule has 0 N–H and O–H groups in total. The second-order valence-electron chi connectivity index (χ2n) is 4.82. The van der Waals surface area contributed by atoms with E-state index < -0.39 is 0 Å². The highest BCUT2D eigenvalue weighted by Crippen LogP contribution is 2.23. The first-order chi connectivity index (χ1) is 9.65. The number of ketones is 1. The van der Waals surface area contributed by atoms with Gasteiger partial charge in [0.05, 0.1) is 5.56 Å². The van der Waals surface area contributed by atoms with Crippen molar-refractivity contribution in [1.82, 2.24) is 0 Å². The van der Waals surface area contributed by atoms with E-state index in [-0.39, 0.29) is 18.0 Å². The van der Waals surface area contributed by atoms with Gasteiger partial charge in [0.25, 0.3) is 0 Å². The van der Waals surface area contributed by atoms with Gasteiger partial charge in [0.2, 0.25) is 0 Å². The maximum atomic E-state index is 13.1. The molecule has 2 nitrogen and oxygen atoms in total. The molecule has 0 atom stereocenters. The molecule has 2 aromatic carbocycles. The lowest BCUT2D eigenvalue weighted by Gasteiger charge is -2.04. The quantitative estimate of drug-likeness (QED) is 0.663. The Morgan fingerprint density at radius 2 is 2.00 bits per heavy atom. The van der Waals surface area contributed by atoms with E-state index in [9.17, 15) is 9.18 Å². The van der Waals surface area contributed by atoms with Crippen molar-refractivity contribution in [3.8, 4) is 0 Å². The summed E-state index contributed by atoms with van der Waals surface area (Å²) >= 11 is 0. The predicted molar refractivity (Wildman–Crippen MR) is 75.4 cm³/mol. The third-order valence-electron chi connectivity index (χ3n) is 3.44. The fourth-order valence-corrected chi connectivity index (χ4v) is 2.32. The van der Waals surface area contributed by atoms with E-state index in [0.717, 1.165) is 16.5 Å². The van der Waals surface area contributed by atoms with Gasteiger partial charge in [-0.15, -0.1) is 0 Å². The smallest absolute Gasteiger partial charge is 0.171 e. The number of halogens is 1. The summed E-state index contributed by atoms with van der Waals surface area (Å²) in [5, 5.41) is 0.817. The molecule has 0 saturated carbocycles. The molecule has 0 saturated heterocycles. The summed E-state index contributed by atoms with van der Waals surface area (Å²) in [5.41, 5.74) is 2.89. The largest absolute Gasteiger partial charge is 0.464 e. The number of furan rings is 1. The summed E-state index contributed by atoms with van der Waals surface area (Å²) in [6, 6.07) is 11.9. The molecule has 100 valence electrons. The number of fused-ring (bicyclic) bond motifs is 1. The van der Waals surface area contributed by atoms with Crippen molar-refractivity contribution >= 4 is 16.8 Å². The monoisotopic (exact) mass is 268 g/mol. The van der Waals surface area contributed by atoms with Gasteiger partial charge in [-0.2, -0.15) is 0 Å². The van der Waals surface area contributed by atoms with Gasteiger partial charge in [-0.3, -0.25) is 4.79 Å². The average molecular weight is 268 g/mol. The van der Waals surface area contributed by atoms with Crippen LogP contribution in [0.5, 0.6) is 0 Å². The molecule has 1 aromatic heterocycles. The van der Waals surface area contributed by atoms with Gasteiger partial charge < -0.3 is 4.42 Å². The molecule has 3 rings (SSSR count). The third kappa shape index (κ3) is 2.23. The Kier molecular flexibility index (Phi) is 3.11. The molecule has 1 heterocycles. The standard InChI is InChI=1S/C17H13FO2/c1-11-8-13(18)7-6-12(11)9-16(19)15-10-20-17-5-3-2-4-14(15)17/h2-8,10H,9H2,1H3. The summed E-state index contributed by atoms with van der Waals surface area (Å²) in [7, 11) is 0. The summed E-state index contributed by atoms with van der Waals surface area (Å²) in [6.45, 7) is 1.80. The van der Waals surface area contributed by atoms with Crippen molar-refractivity contribution < 1.29 is 13.6 Å². The fourth-order valence-electron chi connectivity index (χ4n) is 2.32. The maximum absolute atomic E-state index is 13.1. The van der Waals surface area contributed by atoms with E-state index in [1.807, 2.05) is 24.3 Å². The van der Waals surface area contributed by atoms with Crippen molar-refractivity contribution in [3.63, 3.8) is 0 Å². The molecule has 3 aromatic rings. The minimum Gasteiger partial charge on any atom is -0.464 e. The second kappa shape index (κ2) is 4.93. The Morgan fingerprint density at radius 1 is 1.20 bits per heavy atom. The van der Waals surface area contributed by atoms with E-state index in [1.54, 1.807) is 13.0 Å². The van der Waals surface area contributed by atoms with Gasteiger partial charge in [-0.05, 0) is 36.2 Å². The normalized spacial score (nSPS) is 10.9. The van der Waals surface area contributed by atoms with E-state index in [1.165, 1.54) is 18.4 Å². The van der Waals surface area contributed by atoms with Gasteiger partial charge in [-0.1, -0.05) is 24.3 Å². The highest BCUT2D eigenvalue weighted by molar-refractivity contribution is 6.07. The molecular formula is C17H13FO2. The Hall–Kier alpha value is -2.42. The Bertz CT molecular complexity index is 787. The van der Waals surface area contributed by atoms with Crippen molar-refractivity contribution in [3.05, 3.63) is 71.2 Å². The van der Waals surface area contributed by atoms with Gasteiger partial charge >= 0.3 is 0 Å². The molecule has 0 aliphatic carbocycles. The number of Topliss-reactive ketones (excluding diaryl/α,β-unsaturated/α-hetero) is 1. The highest BCUT2D eigenvalue weighted by Gasteiger charge is 2.14. The average Bonchev–Trinajstić information content (AvgIpc) is 2.86. The summed E-state index contributed by atoms with van der Waals surface area (Å²) in [4.78, 5) is 12.4. The third-order valence-corrected chi connectivity index (χ3v) is 3.44. The lowest BCUT2D eigenvalue weighted by molar-refractivity contribution is 0.0993. The van der Waals surface area contributed by atoms with Crippen LogP contribution in [-0.4, -0.2) is 5.78 Å². The Balaban J connectivity index is 1.93. The number of carbonyl (C=O) groups excluding carboxylic acids is 1. The number of aryl methyl sites for hydroxylation is 1. The van der Waals surface area contributed by atoms with Gasteiger partial charge in [0, 0.05) is 11.8 Å². The fraction of sp³-hybridized carbons (Fsp3) is 0.118. The highest BCUT2D eigenvalue weighted by atomic mass is 19.1. The molecule has 0 unspecified atom stereocenters. The number of rotatable bonds is 3. The van der Waals surface area contributed by atoms with Crippen LogP contribution in [0.2, 0.25) is 0 Å². The molecule has 0 aliphatic rings. The molecule has 3 heteroatoms. The first kappa shape index (κ1) is 12.6. The van der Waals surface area contributed by atoms with Crippen molar-refractivity contribution in [2.45, 2.75) is 13.3 Å². The second-order valence-corrected chi connectivity index (χ2v) is 4.82. The van der Waals surface area contributed by atoms with Crippen LogP contribution in [0.25, 0.3) is 11.0 Å². The zero-order valence-electron chi connectivity index (χ0n) is 11.0. The molecule has 0 amide bonds. The molecule has 0 radical (unpaired) electrons. The van der Waals surface area contributed by atoms with Crippen LogP contribution >= 0.6 is 0 Å². The summed E-state index contributed by atoms with van der Waals surface area (Å²) in [6.07, 6.45) is 1.74. The zero-order valence-corrected chi connectivity index (χ0v) is 11.0. The number of carbonyl (C=O) groups is 1. The first-order valence-corrected chi connectivity index (χ1v) is 6.39. The number of hydrogen-bond acceptors (Lipinski definition) is 2. The Morgan fingerprint density at radius 3 is 2.80 bits per heavy atom. The van der Waals surface area contributed by atoms with Crippen molar-refractivity contribution in [2.24, 2.45) is 0 Å². The number of hydrogen-bond donors (Lipinski definition) is 0. The molecule has 20 heavy (non-hydrogen) atoms. The minimum atomic E-state index is -0.285. The minimum absolute atomic E-state index is 0.0235. The summed E-state index contributed by atoms with van der Waals surface area (Å²) in [5.74, 6) is -0.308. The number of para-hydroxylation sites is 1. The number of benzene rings is 2. The molecule has 0 spiro atoms. The van der Waals surface area contributed by atoms with Gasteiger partial charge in [0.15, 0.2) is 5.78 Å². The lowest BCUT2D eigenvalue weighted by atomic mass is 9.99. The van der Waals surface area contributed by atoms with Crippen LogP contribution in [0, 0.1) is 12.7 Å². The molecule has 0 bridgehead atoms. The maximum Gasteiger partial charge on any atom is 0.171 e. The predicted octanol–water partition coefficient (Wildman–Crippen LogP) is 4.31. The Labute approximate surface area is 115 Å². The van der Waals surface area contributed by atoms with Crippen molar-refractivity contribution in [1.29, 1.82) is 0 Å². The van der Waals surface area contributed by atoms with Crippen LogP contribution in [0.15, 0.2) is 53.1 Å². The van der Waals surface area contributed by atoms with Crippen LogP contribution in [0.3, 0.4) is 0 Å². The zero-order chi connectivity index (χ0) is 14.1. The van der Waals surface area contributed by atoms with E-state index >= 15 is 0 Å². The first-order valence-electron chi connectivity index (χ1n) is 6.39. The summed E-state index contributed by atoms with van der Waals surface area (Å²) < 4.78 is 18.4. The van der Waals surface area contributed by atoms with Gasteiger partial charge in [-0.25, -0.2) is 4.39 Å². The van der Waals surface area contributed by atoms with E-state index in [0.29, 0.717) is 11.1 Å². The molecule has 0 fully saturated rings. The lowest BCUT2D eigenvalue weighted by Crippen LogP contribution is -2.04. The van der Waals surface area contributed by atoms with Crippen LogP contribution in [-0.2, 0) is 6.42 Å². The van der Waals surface area contributed by atoms with Crippen LogP contribution < -0.4 is 0 Å².